The van der Waals surface area contributed by atoms with E-state index in [1.54, 1.807) is 4.90 Å². The molecule has 0 bridgehead atoms. The van der Waals surface area contributed by atoms with Gasteiger partial charge in [-0.25, -0.2) is 4.79 Å². The van der Waals surface area contributed by atoms with Gasteiger partial charge in [-0.3, -0.25) is 9.59 Å². The van der Waals surface area contributed by atoms with Crippen molar-refractivity contribution in [3.8, 4) is 11.1 Å². The lowest BCUT2D eigenvalue weighted by Gasteiger charge is -2.39. The van der Waals surface area contributed by atoms with Gasteiger partial charge < -0.3 is 20.1 Å². The Hall–Kier alpha value is -3.35. The maximum Gasteiger partial charge on any atom is 0.407 e. The first kappa shape index (κ1) is 24.8. The number of carbonyl (C=O) groups excluding carboxylic acids is 2. The van der Waals surface area contributed by atoms with Gasteiger partial charge in [0.2, 0.25) is 5.91 Å². The molecule has 4 rings (SSSR count). The summed E-state index contributed by atoms with van der Waals surface area (Å²) in [5.41, 5.74) is 4.55. The number of hydrogen-bond acceptors (Lipinski definition) is 4. The first-order chi connectivity index (χ1) is 16.8. The van der Waals surface area contributed by atoms with Gasteiger partial charge in [-0.15, -0.1) is 0 Å². The number of carboxylic acid groups (broad SMARTS) is 1. The second-order valence-electron chi connectivity index (χ2n) is 9.79. The molecular formula is C28H34N2O5. The average Bonchev–Trinajstić information content (AvgIpc) is 3.19. The Morgan fingerprint density at radius 2 is 1.66 bits per heavy atom. The number of nitrogens with one attached hydrogen (secondary N) is 1. The molecule has 2 amide bonds. The van der Waals surface area contributed by atoms with Crippen LogP contribution < -0.4 is 5.32 Å². The van der Waals surface area contributed by atoms with Crippen molar-refractivity contribution in [3.05, 3.63) is 59.7 Å². The zero-order valence-corrected chi connectivity index (χ0v) is 20.6. The molecule has 2 aromatic carbocycles. The number of amides is 2. The first-order valence-electron chi connectivity index (χ1n) is 12.5. The average molecular weight is 479 g/mol. The number of piperidine rings is 1. The number of likely N-dealkylation sites (tertiary alicyclic amines) is 1. The van der Waals surface area contributed by atoms with Crippen molar-refractivity contribution in [2.45, 2.75) is 58.0 Å². The van der Waals surface area contributed by atoms with Gasteiger partial charge in [0, 0.05) is 18.5 Å². The lowest BCUT2D eigenvalue weighted by Crippen LogP contribution is -2.57. The summed E-state index contributed by atoms with van der Waals surface area (Å²) in [7, 11) is 0. The molecule has 1 aliphatic heterocycles. The van der Waals surface area contributed by atoms with Crippen molar-refractivity contribution in [3.63, 3.8) is 0 Å². The summed E-state index contributed by atoms with van der Waals surface area (Å²) < 4.78 is 5.67. The molecule has 2 aliphatic rings. The number of nitrogens with zero attached hydrogens (tertiary/aromatic N) is 1. The minimum Gasteiger partial charge on any atom is -0.481 e. The molecule has 7 nitrogen and oxygen atoms in total. The Morgan fingerprint density at radius 1 is 1.06 bits per heavy atom. The van der Waals surface area contributed by atoms with E-state index in [1.165, 1.54) is 0 Å². The zero-order chi connectivity index (χ0) is 25.1. The molecular weight excluding hydrogens is 444 g/mol. The molecule has 3 unspecified atom stereocenters. The van der Waals surface area contributed by atoms with Gasteiger partial charge in [0.15, 0.2) is 0 Å². The van der Waals surface area contributed by atoms with E-state index in [0.717, 1.165) is 22.3 Å². The smallest absolute Gasteiger partial charge is 0.407 e. The minimum absolute atomic E-state index is 0.0654. The van der Waals surface area contributed by atoms with E-state index >= 15 is 0 Å². The zero-order valence-electron chi connectivity index (χ0n) is 20.6. The summed E-state index contributed by atoms with van der Waals surface area (Å²) in [6, 6.07) is 15.4. The Kier molecular flexibility index (Phi) is 7.43. The summed E-state index contributed by atoms with van der Waals surface area (Å²) in [6.07, 6.45) is 1.23. The van der Waals surface area contributed by atoms with E-state index < -0.39 is 24.0 Å². The summed E-state index contributed by atoms with van der Waals surface area (Å²) in [4.78, 5) is 39.5. The summed E-state index contributed by atoms with van der Waals surface area (Å²) in [5, 5.41) is 12.3. The van der Waals surface area contributed by atoms with Crippen molar-refractivity contribution < 1.29 is 24.2 Å². The first-order valence-corrected chi connectivity index (χ1v) is 12.5. The van der Waals surface area contributed by atoms with Crippen LogP contribution in [0.25, 0.3) is 11.1 Å². The standard InChI is InChI=1S/C28H34N2O5/c1-4-17(2)25(26(31)30-15-19(27(32)33)14-13-18(30)3)29-28(34)35-16-24-22-11-7-5-9-20(22)21-10-6-8-12-23(21)24/h5-12,17-19,24-25H,4,13-16H2,1-3H3,(H,29,34)(H,32,33)/t17?,18?,19?,25-/m0/s1. The minimum atomic E-state index is -0.890. The van der Waals surface area contributed by atoms with Crippen LogP contribution in [0.1, 0.15) is 57.1 Å². The van der Waals surface area contributed by atoms with Gasteiger partial charge in [-0.05, 0) is 47.9 Å². The third-order valence-corrected chi connectivity index (χ3v) is 7.61. The molecule has 186 valence electrons. The van der Waals surface area contributed by atoms with Crippen LogP contribution >= 0.6 is 0 Å². The van der Waals surface area contributed by atoms with Crippen LogP contribution in [0.5, 0.6) is 0 Å². The van der Waals surface area contributed by atoms with Crippen molar-refractivity contribution in [1.82, 2.24) is 10.2 Å². The van der Waals surface area contributed by atoms with Crippen LogP contribution in [0.3, 0.4) is 0 Å². The Bertz CT molecular complexity index is 1050. The van der Waals surface area contributed by atoms with Crippen LogP contribution in [-0.2, 0) is 14.3 Å². The van der Waals surface area contributed by atoms with Gasteiger partial charge >= 0.3 is 12.1 Å². The number of alkyl carbamates (subject to hydrolysis) is 1. The third kappa shape index (κ3) is 5.04. The normalized spacial score (nSPS) is 20.9. The van der Waals surface area contributed by atoms with Crippen molar-refractivity contribution >= 4 is 18.0 Å². The molecule has 35 heavy (non-hydrogen) atoms. The van der Waals surface area contributed by atoms with Crippen molar-refractivity contribution in [2.24, 2.45) is 11.8 Å². The van der Waals surface area contributed by atoms with Gasteiger partial charge in [-0.2, -0.15) is 0 Å². The maximum atomic E-state index is 13.5. The Balaban J connectivity index is 1.45. The van der Waals surface area contributed by atoms with Gasteiger partial charge in [0.25, 0.3) is 0 Å². The van der Waals surface area contributed by atoms with E-state index in [4.69, 9.17) is 4.74 Å². The largest absolute Gasteiger partial charge is 0.481 e. The van der Waals surface area contributed by atoms with Crippen LogP contribution in [-0.4, -0.2) is 53.2 Å². The quantitative estimate of drug-likeness (QED) is 0.604. The number of rotatable bonds is 7. The summed E-state index contributed by atoms with van der Waals surface area (Å²) in [5.74, 6) is -1.91. The highest BCUT2D eigenvalue weighted by Gasteiger charge is 2.38. The number of hydrogen-bond donors (Lipinski definition) is 2. The van der Waals surface area contributed by atoms with Crippen LogP contribution in [0, 0.1) is 11.8 Å². The van der Waals surface area contributed by atoms with Gasteiger partial charge in [0.1, 0.15) is 12.6 Å². The molecule has 1 heterocycles. The Morgan fingerprint density at radius 3 is 2.23 bits per heavy atom. The maximum absolute atomic E-state index is 13.5. The molecule has 0 saturated carbocycles. The van der Waals surface area contributed by atoms with E-state index in [2.05, 4.69) is 29.6 Å². The number of ether oxygens (including phenoxy) is 1. The predicted octanol–water partition coefficient (Wildman–Crippen LogP) is 4.65. The number of benzene rings is 2. The van der Waals surface area contributed by atoms with Crippen LogP contribution in [0.15, 0.2) is 48.5 Å². The number of carbonyl (C=O) groups is 3. The topological polar surface area (TPSA) is 95.9 Å². The molecule has 1 aliphatic carbocycles. The van der Waals surface area contributed by atoms with E-state index in [0.29, 0.717) is 19.3 Å². The SMILES string of the molecule is CCC(C)[C@H](NC(=O)OCC1c2ccccc2-c2ccccc21)C(=O)N1CC(C(=O)O)CCC1C. The highest BCUT2D eigenvalue weighted by Crippen LogP contribution is 2.44. The number of aliphatic carboxylic acids is 1. The molecule has 0 aromatic heterocycles. The Labute approximate surface area is 206 Å². The molecule has 0 radical (unpaired) electrons. The predicted molar refractivity (Wildman–Crippen MR) is 133 cm³/mol. The second-order valence-corrected chi connectivity index (χ2v) is 9.79. The van der Waals surface area contributed by atoms with Crippen LogP contribution in [0.4, 0.5) is 4.79 Å². The molecule has 1 saturated heterocycles. The number of carboxylic acids is 1. The highest BCUT2D eigenvalue weighted by atomic mass is 16.5. The monoisotopic (exact) mass is 478 g/mol. The van der Waals surface area contributed by atoms with Crippen molar-refractivity contribution in [1.29, 1.82) is 0 Å². The fourth-order valence-electron chi connectivity index (χ4n) is 5.24. The van der Waals surface area contributed by atoms with Gasteiger partial charge in [-0.1, -0.05) is 68.8 Å². The molecule has 2 aromatic rings. The number of fused-ring (bicyclic) bond motifs is 3. The van der Waals surface area contributed by atoms with E-state index in [-0.39, 0.29) is 36.9 Å². The lowest BCUT2D eigenvalue weighted by molar-refractivity contribution is -0.148. The molecule has 7 heteroatoms. The van der Waals surface area contributed by atoms with Gasteiger partial charge in [0.05, 0.1) is 5.92 Å². The summed E-state index contributed by atoms with van der Waals surface area (Å²) >= 11 is 0. The second kappa shape index (κ2) is 10.5. The fraction of sp³-hybridized carbons (Fsp3) is 0.464. The fourth-order valence-corrected chi connectivity index (χ4v) is 5.24. The molecule has 4 atom stereocenters. The lowest BCUT2D eigenvalue weighted by atomic mass is 9.91. The van der Waals surface area contributed by atoms with E-state index in [1.807, 2.05) is 45.0 Å². The van der Waals surface area contributed by atoms with Crippen molar-refractivity contribution in [2.75, 3.05) is 13.2 Å². The van der Waals surface area contributed by atoms with Crippen LogP contribution in [0.2, 0.25) is 0 Å². The molecule has 1 fully saturated rings. The third-order valence-electron chi connectivity index (χ3n) is 7.61. The highest BCUT2D eigenvalue weighted by molar-refractivity contribution is 5.87. The molecule has 0 spiro atoms. The van der Waals surface area contributed by atoms with E-state index in [9.17, 15) is 19.5 Å². The molecule has 2 N–H and O–H groups in total. The summed E-state index contributed by atoms with van der Waals surface area (Å²) in [6.45, 7) is 6.13.